The van der Waals surface area contributed by atoms with Crippen LogP contribution in [0.1, 0.15) is 11.1 Å². The van der Waals surface area contributed by atoms with E-state index in [1.807, 2.05) is 5.25 Å². The van der Waals surface area contributed by atoms with Crippen LogP contribution in [0.25, 0.3) is 0 Å². The first-order valence-electron chi connectivity index (χ1n) is 6.94. The van der Waals surface area contributed by atoms with E-state index in [9.17, 15) is 16.8 Å². The Kier molecular flexibility index (Phi) is 6.49. The molecule has 0 saturated heterocycles. The van der Waals surface area contributed by atoms with Crippen molar-refractivity contribution in [3.05, 3.63) is 69.7 Å². The molecule has 132 valence electrons. The number of aryl methyl sites for hydroxylation is 1. The van der Waals surface area contributed by atoms with Crippen molar-refractivity contribution in [2.24, 2.45) is 0 Å². The molecule has 0 bridgehead atoms. The molecule has 0 radical (unpaired) electrons. The topological polar surface area (TPSA) is 80.3 Å². The van der Waals surface area contributed by atoms with E-state index in [0.29, 0.717) is 15.6 Å². The number of nitrogens with one attached hydrogen (secondary N) is 1. The Labute approximate surface area is 157 Å². The van der Waals surface area contributed by atoms with Crippen LogP contribution in [0.5, 0.6) is 0 Å². The van der Waals surface area contributed by atoms with Crippen LogP contribution < -0.4 is 4.13 Å². The highest BCUT2D eigenvalue weighted by molar-refractivity contribution is 8.07. The Morgan fingerprint density at radius 2 is 1.36 bits per heavy atom. The lowest BCUT2D eigenvalue weighted by Crippen LogP contribution is -2.32. The lowest BCUT2D eigenvalue weighted by molar-refractivity contribution is 0.581. The minimum atomic E-state index is -4.31. The summed E-state index contributed by atoms with van der Waals surface area (Å²) in [6, 6.07) is 12.8. The van der Waals surface area contributed by atoms with E-state index in [4.69, 9.17) is 23.2 Å². The summed E-state index contributed by atoms with van der Waals surface area (Å²) in [5, 5.41) is 2.94. The maximum Gasteiger partial charge on any atom is 0.293 e. The minimum Gasteiger partial charge on any atom is -0.211 e. The molecule has 0 unspecified atom stereocenters. The molecule has 0 aliphatic heterocycles. The molecule has 0 fully saturated rings. The Bertz CT molecular complexity index is 1000. The first-order chi connectivity index (χ1) is 11.7. The highest BCUT2D eigenvalue weighted by Gasteiger charge is 2.18. The molecule has 1 N–H and O–H groups in total. The predicted molar refractivity (Wildman–Crippen MR) is 99.3 cm³/mol. The summed E-state index contributed by atoms with van der Waals surface area (Å²) >= 11 is 11.5. The SMILES string of the molecule is O=S(=O)(C#Cc1ccc(Cl)cc1)NS(=O)(=O)CCc1ccc(Cl)cc1. The molecule has 0 saturated carbocycles. The van der Waals surface area contributed by atoms with Crippen LogP contribution in [0.3, 0.4) is 0 Å². The van der Waals surface area contributed by atoms with E-state index < -0.39 is 25.8 Å². The van der Waals surface area contributed by atoms with Crippen LogP contribution in [0.15, 0.2) is 48.5 Å². The highest BCUT2D eigenvalue weighted by atomic mass is 35.5. The van der Waals surface area contributed by atoms with Gasteiger partial charge in [0.25, 0.3) is 10.0 Å². The van der Waals surface area contributed by atoms with E-state index in [-0.39, 0.29) is 6.42 Å². The third kappa shape index (κ3) is 7.06. The van der Waals surface area contributed by atoms with Crippen molar-refractivity contribution in [2.75, 3.05) is 5.75 Å². The van der Waals surface area contributed by atoms with Gasteiger partial charge in [0.15, 0.2) is 0 Å². The molecule has 2 aromatic rings. The lowest BCUT2D eigenvalue weighted by atomic mass is 10.2. The molecule has 0 atom stereocenters. The van der Waals surface area contributed by atoms with E-state index in [0.717, 1.165) is 5.56 Å². The summed E-state index contributed by atoms with van der Waals surface area (Å²) in [5.41, 5.74) is 1.12. The van der Waals surface area contributed by atoms with Gasteiger partial charge in [-0.1, -0.05) is 39.5 Å². The quantitative estimate of drug-likeness (QED) is 0.758. The summed E-state index contributed by atoms with van der Waals surface area (Å²) < 4.78 is 49.2. The molecular formula is C16H13Cl2NO4S2. The molecule has 25 heavy (non-hydrogen) atoms. The van der Waals surface area contributed by atoms with Crippen molar-refractivity contribution in [2.45, 2.75) is 6.42 Å². The van der Waals surface area contributed by atoms with Gasteiger partial charge < -0.3 is 0 Å². The zero-order chi connectivity index (χ0) is 18.5. The second-order valence-corrected chi connectivity index (χ2v) is 9.40. The zero-order valence-corrected chi connectivity index (χ0v) is 15.9. The highest BCUT2D eigenvalue weighted by Crippen LogP contribution is 2.11. The standard InChI is InChI=1S/C16H13Cl2NO4S2/c17-15-5-1-13(2-6-15)9-11-24(20,21)19-25(22,23)12-10-14-3-7-16(18)8-4-14/h1-8,19H,9,11H2. The van der Waals surface area contributed by atoms with Crippen molar-refractivity contribution in [1.29, 1.82) is 0 Å². The van der Waals surface area contributed by atoms with E-state index in [1.165, 1.54) is 12.1 Å². The van der Waals surface area contributed by atoms with Crippen LogP contribution in [0.2, 0.25) is 10.0 Å². The molecule has 0 aliphatic carbocycles. The van der Waals surface area contributed by atoms with Gasteiger partial charge in [-0.15, -0.1) is 0 Å². The summed E-state index contributed by atoms with van der Waals surface area (Å²) in [4.78, 5) is 0. The zero-order valence-electron chi connectivity index (χ0n) is 12.7. The second kappa shape index (κ2) is 8.21. The van der Waals surface area contributed by atoms with Gasteiger partial charge in [-0.05, 0) is 54.3 Å². The number of sulfonamides is 2. The minimum absolute atomic E-state index is 0.145. The summed E-state index contributed by atoms with van der Waals surface area (Å²) in [5.74, 6) is 1.98. The second-order valence-electron chi connectivity index (χ2n) is 5.02. The fraction of sp³-hybridized carbons (Fsp3) is 0.125. The predicted octanol–water partition coefficient (Wildman–Crippen LogP) is 2.79. The van der Waals surface area contributed by atoms with Crippen molar-refractivity contribution in [3.8, 4) is 11.2 Å². The number of benzene rings is 2. The van der Waals surface area contributed by atoms with E-state index >= 15 is 0 Å². The smallest absolute Gasteiger partial charge is 0.211 e. The van der Waals surface area contributed by atoms with Crippen molar-refractivity contribution in [1.82, 2.24) is 4.13 Å². The maximum absolute atomic E-state index is 11.9. The Morgan fingerprint density at radius 1 is 0.840 bits per heavy atom. The van der Waals surface area contributed by atoms with Gasteiger partial charge in [0.05, 0.1) is 5.75 Å². The van der Waals surface area contributed by atoms with E-state index in [1.54, 1.807) is 40.5 Å². The average molecular weight is 418 g/mol. The van der Waals surface area contributed by atoms with Crippen LogP contribution in [0.4, 0.5) is 0 Å². The third-order valence-electron chi connectivity index (χ3n) is 2.98. The van der Waals surface area contributed by atoms with Crippen LogP contribution >= 0.6 is 23.2 Å². The molecule has 2 aromatic carbocycles. The largest absolute Gasteiger partial charge is 0.293 e. The molecule has 0 aliphatic rings. The first-order valence-corrected chi connectivity index (χ1v) is 10.8. The molecule has 0 heterocycles. The monoisotopic (exact) mass is 417 g/mol. The lowest BCUT2D eigenvalue weighted by Gasteiger charge is -2.04. The molecule has 5 nitrogen and oxygen atoms in total. The number of rotatable bonds is 5. The van der Waals surface area contributed by atoms with Gasteiger partial charge in [-0.2, -0.15) is 8.42 Å². The van der Waals surface area contributed by atoms with Crippen molar-refractivity contribution >= 4 is 43.2 Å². The van der Waals surface area contributed by atoms with Gasteiger partial charge in [0.1, 0.15) is 0 Å². The average Bonchev–Trinajstić information content (AvgIpc) is 2.53. The molecule has 0 spiro atoms. The van der Waals surface area contributed by atoms with E-state index in [2.05, 4.69) is 5.92 Å². The number of hydrogen-bond acceptors (Lipinski definition) is 4. The van der Waals surface area contributed by atoms with Crippen molar-refractivity contribution < 1.29 is 16.8 Å². The van der Waals surface area contributed by atoms with Gasteiger partial charge in [-0.3, -0.25) is 0 Å². The molecular weight excluding hydrogens is 405 g/mol. The number of hydrogen-bond donors (Lipinski definition) is 1. The Hall–Kier alpha value is -1.56. The Balaban J connectivity index is 2.03. The molecule has 0 amide bonds. The van der Waals surface area contributed by atoms with Crippen LogP contribution in [0, 0.1) is 11.2 Å². The maximum atomic E-state index is 11.9. The van der Waals surface area contributed by atoms with Crippen LogP contribution in [-0.4, -0.2) is 22.6 Å². The van der Waals surface area contributed by atoms with Gasteiger partial charge >= 0.3 is 0 Å². The molecule has 9 heteroatoms. The third-order valence-corrected chi connectivity index (χ3v) is 6.49. The van der Waals surface area contributed by atoms with Gasteiger partial charge in [0.2, 0.25) is 10.0 Å². The fourth-order valence-corrected chi connectivity index (χ4v) is 4.64. The van der Waals surface area contributed by atoms with Crippen LogP contribution in [-0.2, 0) is 26.5 Å². The van der Waals surface area contributed by atoms with Gasteiger partial charge in [0, 0.05) is 20.9 Å². The Morgan fingerprint density at radius 3 is 1.92 bits per heavy atom. The van der Waals surface area contributed by atoms with Gasteiger partial charge in [-0.25, -0.2) is 8.42 Å². The van der Waals surface area contributed by atoms with Crippen molar-refractivity contribution in [3.63, 3.8) is 0 Å². The first kappa shape index (κ1) is 19.8. The molecule has 2 rings (SSSR count). The summed E-state index contributed by atoms with van der Waals surface area (Å²) in [6.45, 7) is 0. The summed E-state index contributed by atoms with van der Waals surface area (Å²) in [6.07, 6.45) is 0.145. The molecule has 0 aromatic heterocycles. The summed E-state index contributed by atoms with van der Waals surface area (Å²) in [7, 11) is -8.37. The fourth-order valence-electron chi connectivity index (χ4n) is 1.79. The number of halogens is 2. The normalized spacial score (nSPS) is 11.6.